The Bertz CT molecular complexity index is 971. The van der Waals surface area contributed by atoms with Crippen LogP contribution in [-0.2, 0) is 13.0 Å². The summed E-state index contributed by atoms with van der Waals surface area (Å²) >= 11 is 0. The largest absolute Gasteiger partial charge is 0.496 e. The van der Waals surface area contributed by atoms with E-state index in [-0.39, 0.29) is 5.91 Å². The van der Waals surface area contributed by atoms with Crippen LogP contribution in [0, 0.1) is 6.92 Å². The summed E-state index contributed by atoms with van der Waals surface area (Å²) in [6.07, 6.45) is 6.12. The molecular formula is C20H25N7O2. The molecule has 0 saturated heterocycles. The Kier molecular flexibility index (Phi) is 6.72. The van der Waals surface area contributed by atoms with E-state index in [2.05, 4.69) is 25.6 Å². The number of ether oxygens (including phenoxy) is 1. The first kappa shape index (κ1) is 20.2. The van der Waals surface area contributed by atoms with E-state index < -0.39 is 0 Å². The van der Waals surface area contributed by atoms with Crippen LogP contribution in [0.3, 0.4) is 0 Å². The number of hydrogen-bond acceptors (Lipinski definition) is 7. The zero-order valence-electron chi connectivity index (χ0n) is 16.6. The number of benzene rings is 1. The maximum Gasteiger partial charge on any atom is 0.255 e. The highest BCUT2D eigenvalue weighted by Gasteiger charge is 2.10. The first-order chi connectivity index (χ1) is 14.1. The van der Waals surface area contributed by atoms with Crippen LogP contribution >= 0.6 is 0 Å². The second kappa shape index (κ2) is 9.63. The molecular weight excluding hydrogens is 370 g/mol. The van der Waals surface area contributed by atoms with E-state index in [1.165, 1.54) is 0 Å². The van der Waals surface area contributed by atoms with Gasteiger partial charge in [-0.2, -0.15) is 0 Å². The molecule has 9 heteroatoms. The van der Waals surface area contributed by atoms with E-state index in [4.69, 9.17) is 10.5 Å². The lowest BCUT2D eigenvalue weighted by Crippen LogP contribution is -2.25. The molecule has 0 bridgehead atoms. The Hall–Kier alpha value is -3.49. The highest BCUT2D eigenvalue weighted by atomic mass is 16.5. The third kappa shape index (κ3) is 5.50. The maximum atomic E-state index is 12.2. The molecule has 3 rings (SSSR count). The van der Waals surface area contributed by atoms with E-state index in [1.807, 2.05) is 18.3 Å². The topological polar surface area (TPSA) is 121 Å². The number of carbonyl (C=O) groups is 1. The van der Waals surface area contributed by atoms with Crippen LogP contribution in [0.1, 0.15) is 40.3 Å². The summed E-state index contributed by atoms with van der Waals surface area (Å²) < 4.78 is 6.94. The Balaban J connectivity index is 1.42. The average Bonchev–Trinajstić information content (AvgIpc) is 3.17. The summed E-state index contributed by atoms with van der Waals surface area (Å²) in [5, 5.41) is 11.2. The first-order valence-electron chi connectivity index (χ1n) is 9.45. The van der Waals surface area contributed by atoms with Crippen molar-refractivity contribution in [3.05, 3.63) is 59.3 Å². The van der Waals surface area contributed by atoms with Crippen molar-refractivity contribution in [1.82, 2.24) is 30.3 Å². The van der Waals surface area contributed by atoms with Gasteiger partial charge >= 0.3 is 0 Å². The van der Waals surface area contributed by atoms with Crippen LogP contribution in [-0.4, -0.2) is 44.5 Å². The van der Waals surface area contributed by atoms with Gasteiger partial charge in [0.2, 0.25) is 0 Å². The normalized spacial score (nSPS) is 10.7. The van der Waals surface area contributed by atoms with Crippen LogP contribution in [0.25, 0.3) is 0 Å². The summed E-state index contributed by atoms with van der Waals surface area (Å²) in [5.74, 6) is 1.54. The summed E-state index contributed by atoms with van der Waals surface area (Å²) in [6, 6.07) is 7.17. The van der Waals surface area contributed by atoms with Gasteiger partial charge in [0.05, 0.1) is 24.9 Å². The average molecular weight is 395 g/mol. The SMILES string of the molecule is COc1ccccc1C(=O)NCCCCc1cn(Cc2cnc(C)nc2N)nn1. The number of carbonyl (C=O) groups excluding carboxylic acids is 1. The van der Waals surface area contributed by atoms with Crippen LogP contribution in [0.5, 0.6) is 5.75 Å². The van der Waals surface area contributed by atoms with Gasteiger partial charge in [0, 0.05) is 24.5 Å². The number of aryl methyl sites for hydroxylation is 2. The van der Waals surface area contributed by atoms with Crippen molar-refractivity contribution in [2.75, 3.05) is 19.4 Å². The zero-order valence-corrected chi connectivity index (χ0v) is 16.6. The lowest BCUT2D eigenvalue weighted by atomic mass is 10.1. The standard InChI is InChI=1S/C20H25N7O2/c1-14-23-11-15(19(21)24-14)12-27-13-16(25-26-27)7-5-6-10-22-20(28)17-8-3-4-9-18(17)29-2/h3-4,8-9,11,13H,5-7,10,12H2,1-2H3,(H,22,28)(H2,21,23,24). The second-order valence-electron chi connectivity index (χ2n) is 6.65. The Labute approximate surface area is 169 Å². The summed E-state index contributed by atoms with van der Waals surface area (Å²) in [7, 11) is 1.56. The highest BCUT2D eigenvalue weighted by molar-refractivity contribution is 5.96. The first-order valence-corrected chi connectivity index (χ1v) is 9.45. The number of nitrogens with zero attached hydrogens (tertiary/aromatic N) is 5. The van der Waals surface area contributed by atoms with Crippen LogP contribution < -0.4 is 15.8 Å². The van der Waals surface area contributed by atoms with E-state index in [0.29, 0.717) is 36.0 Å². The van der Waals surface area contributed by atoms with Gasteiger partial charge in [0.1, 0.15) is 17.4 Å². The number of methoxy groups -OCH3 is 1. The van der Waals surface area contributed by atoms with Gasteiger partial charge in [0.25, 0.3) is 5.91 Å². The number of nitrogen functional groups attached to an aromatic ring is 1. The lowest BCUT2D eigenvalue weighted by Gasteiger charge is -2.08. The number of nitrogens with one attached hydrogen (secondary N) is 1. The molecule has 0 unspecified atom stereocenters. The van der Waals surface area contributed by atoms with Gasteiger partial charge in [-0.25, -0.2) is 14.6 Å². The molecule has 2 heterocycles. The number of unbranched alkanes of at least 4 members (excludes halogenated alkanes) is 1. The fourth-order valence-corrected chi connectivity index (χ4v) is 2.90. The molecule has 2 aromatic heterocycles. The molecule has 0 aliphatic rings. The van der Waals surface area contributed by atoms with E-state index >= 15 is 0 Å². The molecule has 0 fully saturated rings. The highest BCUT2D eigenvalue weighted by Crippen LogP contribution is 2.16. The van der Waals surface area contributed by atoms with Crippen molar-refractivity contribution in [3.8, 4) is 5.75 Å². The number of amides is 1. The number of hydrogen-bond donors (Lipinski definition) is 2. The van der Waals surface area contributed by atoms with Gasteiger partial charge in [-0.05, 0) is 38.3 Å². The third-order valence-corrected chi connectivity index (χ3v) is 4.43. The molecule has 0 spiro atoms. The van der Waals surface area contributed by atoms with Gasteiger partial charge in [-0.1, -0.05) is 17.3 Å². The Morgan fingerprint density at radius 1 is 1.28 bits per heavy atom. The molecule has 0 atom stereocenters. The number of aromatic nitrogens is 5. The predicted octanol–water partition coefficient (Wildman–Crippen LogP) is 1.77. The van der Waals surface area contributed by atoms with Crippen LogP contribution in [0.15, 0.2) is 36.7 Å². The third-order valence-electron chi connectivity index (χ3n) is 4.43. The molecule has 152 valence electrons. The molecule has 3 aromatic rings. The molecule has 0 radical (unpaired) electrons. The Morgan fingerprint density at radius 3 is 2.90 bits per heavy atom. The minimum absolute atomic E-state index is 0.133. The summed E-state index contributed by atoms with van der Waals surface area (Å²) in [5.41, 5.74) is 8.17. The minimum atomic E-state index is -0.133. The van der Waals surface area contributed by atoms with Crippen LogP contribution in [0.2, 0.25) is 0 Å². The number of nitrogens with two attached hydrogens (primary N) is 1. The molecule has 0 aliphatic carbocycles. The smallest absolute Gasteiger partial charge is 0.255 e. The van der Waals surface area contributed by atoms with Gasteiger partial charge in [0.15, 0.2) is 0 Å². The van der Waals surface area contributed by atoms with E-state index in [0.717, 1.165) is 30.5 Å². The Morgan fingerprint density at radius 2 is 2.10 bits per heavy atom. The van der Waals surface area contributed by atoms with Crippen molar-refractivity contribution >= 4 is 11.7 Å². The zero-order chi connectivity index (χ0) is 20.6. The van der Waals surface area contributed by atoms with Crippen molar-refractivity contribution in [3.63, 3.8) is 0 Å². The van der Waals surface area contributed by atoms with Crippen molar-refractivity contribution in [2.24, 2.45) is 0 Å². The maximum absolute atomic E-state index is 12.2. The van der Waals surface area contributed by atoms with Crippen molar-refractivity contribution in [1.29, 1.82) is 0 Å². The number of anilines is 1. The fourth-order valence-electron chi connectivity index (χ4n) is 2.90. The van der Waals surface area contributed by atoms with Gasteiger partial charge in [-0.15, -0.1) is 5.10 Å². The van der Waals surface area contributed by atoms with E-state index in [1.54, 1.807) is 37.0 Å². The second-order valence-corrected chi connectivity index (χ2v) is 6.65. The van der Waals surface area contributed by atoms with Crippen molar-refractivity contribution in [2.45, 2.75) is 32.7 Å². The quantitative estimate of drug-likeness (QED) is 0.530. The molecule has 3 N–H and O–H groups in total. The van der Waals surface area contributed by atoms with E-state index in [9.17, 15) is 4.79 Å². The van der Waals surface area contributed by atoms with Gasteiger partial charge < -0.3 is 15.8 Å². The number of para-hydroxylation sites is 1. The van der Waals surface area contributed by atoms with Gasteiger partial charge in [-0.3, -0.25) is 4.79 Å². The minimum Gasteiger partial charge on any atom is -0.496 e. The predicted molar refractivity (Wildman–Crippen MR) is 109 cm³/mol. The summed E-state index contributed by atoms with van der Waals surface area (Å²) in [6.45, 7) is 2.86. The molecule has 29 heavy (non-hydrogen) atoms. The molecule has 1 amide bonds. The molecule has 9 nitrogen and oxygen atoms in total. The molecule has 0 saturated carbocycles. The molecule has 0 aliphatic heterocycles. The lowest BCUT2D eigenvalue weighted by molar-refractivity contribution is 0.0950. The monoisotopic (exact) mass is 395 g/mol. The summed E-state index contributed by atoms with van der Waals surface area (Å²) in [4.78, 5) is 20.6. The fraction of sp³-hybridized carbons (Fsp3) is 0.350. The number of rotatable bonds is 9. The molecule has 1 aromatic carbocycles. The van der Waals surface area contributed by atoms with Crippen molar-refractivity contribution < 1.29 is 9.53 Å². The van der Waals surface area contributed by atoms with Crippen LogP contribution in [0.4, 0.5) is 5.82 Å².